The Bertz CT molecular complexity index is 1030. The van der Waals surface area contributed by atoms with E-state index in [0.717, 1.165) is 22.0 Å². The summed E-state index contributed by atoms with van der Waals surface area (Å²) < 4.78 is 0. The standard InChI is InChI=1S/C23H28N4O2/c1-17-8-7-11-19-14-20(22(28)25-21(17)19)16-27(13-12-26(2)3)23(29)24-15-18-9-5-4-6-10-18/h4-11,14H,12-13,15-16H2,1-3H3,(H,24,29)(H,25,28). The van der Waals surface area contributed by atoms with Crippen LogP contribution in [0.1, 0.15) is 16.7 Å². The van der Waals surface area contributed by atoms with Gasteiger partial charge in [-0.05, 0) is 43.6 Å². The third kappa shape index (κ3) is 5.45. The molecule has 3 rings (SSSR count). The molecule has 1 aromatic heterocycles. The molecule has 6 heteroatoms. The Morgan fingerprint density at radius 3 is 2.52 bits per heavy atom. The highest BCUT2D eigenvalue weighted by Gasteiger charge is 2.16. The molecule has 2 aromatic carbocycles. The van der Waals surface area contributed by atoms with Gasteiger partial charge in [-0.15, -0.1) is 0 Å². The van der Waals surface area contributed by atoms with Crippen molar-refractivity contribution < 1.29 is 4.79 Å². The van der Waals surface area contributed by atoms with E-state index in [1.807, 2.05) is 80.5 Å². The molecule has 0 radical (unpaired) electrons. The van der Waals surface area contributed by atoms with Crippen molar-refractivity contribution in [2.45, 2.75) is 20.0 Å². The van der Waals surface area contributed by atoms with Crippen molar-refractivity contribution in [1.82, 2.24) is 20.1 Å². The first-order chi connectivity index (χ1) is 13.9. The number of nitrogens with zero attached hydrogens (tertiary/aromatic N) is 2. The number of fused-ring (bicyclic) bond motifs is 1. The quantitative estimate of drug-likeness (QED) is 0.649. The summed E-state index contributed by atoms with van der Waals surface area (Å²) >= 11 is 0. The number of likely N-dealkylation sites (N-methyl/N-ethyl adjacent to an activating group) is 1. The highest BCUT2D eigenvalue weighted by atomic mass is 16.2. The monoisotopic (exact) mass is 392 g/mol. The van der Waals surface area contributed by atoms with Crippen LogP contribution in [0.15, 0.2) is 59.4 Å². The summed E-state index contributed by atoms with van der Waals surface area (Å²) in [5, 5.41) is 3.93. The number of benzene rings is 2. The van der Waals surface area contributed by atoms with E-state index in [-0.39, 0.29) is 18.1 Å². The third-order valence-corrected chi connectivity index (χ3v) is 4.92. The van der Waals surface area contributed by atoms with E-state index in [1.54, 1.807) is 4.90 Å². The van der Waals surface area contributed by atoms with Crippen molar-refractivity contribution >= 4 is 16.9 Å². The van der Waals surface area contributed by atoms with E-state index < -0.39 is 0 Å². The number of carbonyl (C=O) groups is 1. The Hall–Kier alpha value is -3.12. The Labute approximate surface area is 171 Å². The molecule has 0 spiro atoms. The van der Waals surface area contributed by atoms with E-state index in [2.05, 4.69) is 10.3 Å². The molecule has 3 aromatic rings. The molecular weight excluding hydrogens is 364 g/mol. The molecule has 0 fully saturated rings. The number of carbonyl (C=O) groups excluding carboxylic acids is 1. The van der Waals surface area contributed by atoms with Crippen molar-refractivity contribution in [2.24, 2.45) is 0 Å². The Morgan fingerprint density at radius 1 is 1.03 bits per heavy atom. The fourth-order valence-electron chi connectivity index (χ4n) is 3.21. The molecule has 6 nitrogen and oxygen atoms in total. The minimum absolute atomic E-state index is 0.155. The highest BCUT2D eigenvalue weighted by Crippen LogP contribution is 2.16. The maximum atomic E-state index is 12.8. The van der Waals surface area contributed by atoms with Crippen LogP contribution in [0.2, 0.25) is 0 Å². The summed E-state index contributed by atoms with van der Waals surface area (Å²) in [5.74, 6) is 0. The van der Waals surface area contributed by atoms with Crippen LogP contribution in [0, 0.1) is 6.92 Å². The number of H-pyrrole nitrogens is 1. The number of amides is 2. The number of para-hydroxylation sites is 1. The van der Waals surface area contributed by atoms with Crippen LogP contribution >= 0.6 is 0 Å². The number of aromatic nitrogens is 1. The van der Waals surface area contributed by atoms with Gasteiger partial charge in [0.05, 0.1) is 12.1 Å². The Morgan fingerprint density at radius 2 is 1.79 bits per heavy atom. The van der Waals surface area contributed by atoms with Gasteiger partial charge < -0.3 is 20.1 Å². The molecule has 2 amide bonds. The largest absolute Gasteiger partial charge is 0.334 e. The second-order valence-corrected chi connectivity index (χ2v) is 7.53. The lowest BCUT2D eigenvalue weighted by molar-refractivity contribution is 0.188. The topological polar surface area (TPSA) is 68.4 Å². The molecule has 0 saturated heterocycles. The fourth-order valence-corrected chi connectivity index (χ4v) is 3.21. The first kappa shape index (κ1) is 20.6. The number of rotatable bonds is 7. The summed E-state index contributed by atoms with van der Waals surface area (Å²) in [5.41, 5.74) is 3.33. The molecule has 0 bridgehead atoms. The molecule has 1 heterocycles. The van der Waals surface area contributed by atoms with Crippen molar-refractivity contribution in [3.8, 4) is 0 Å². The lowest BCUT2D eigenvalue weighted by Gasteiger charge is -2.25. The van der Waals surface area contributed by atoms with Gasteiger partial charge in [-0.2, -0.15) is 0 Å². The zero-order valence-electron chi connectivity index (χ0n) is 17.2. The zero-order valence-corrected chi connectivity index (χ0v) is 17.2. The van der Waals surface area contributed by atoms with Crippen molar-refractivity contribution in [3.05, 3.63) is 81.6 Å². The smallest absolute Gasteiger partial charge is 0.318 e. The van der Waals surface area contributed by atoms with E-state index in [9.17, 15) is 9.59 Å². The zero-order chi connectivity index (χ0) is 20.8. The number of urea groups is 1. The van der Waals surface area contributed by atoms with Gasteiger partial charge in [-0.3, -0.25) is 4.79 Å². The molecular formula is C23H28N4O2. The summed E-state index contributed by atoms with van der Waals surface area (Å²) in [6, 6.07) is 17.4. The van der Waals surface area contributed by atoms with E-state index in [1.165, 1.54) is 0 Å². The second kappa shape index (κ2) is 9.39. The summed E-state index contributed by atoms with van der Waals surface area (Å²) in [7, 11) is 3.93. The summed E-state index contributed by atoms with van der Waals surface area (Å²) in [4.78, 5) is 32.2. The lowest BCUT2D eigenvalue weighted by atomic mass is 10.1. The number of aromatic amines is 1. The van der Waals surface area contributed by atoms with Crippen LogP contribution in [-0.2, 0) is 13.1 Å². The maximum Gasteiger partial charge on any atom is 0.318 e. The molecule has 0 unspecified atom stereocenters. The van der Waals surface area contributed by atoms with Gasteiger partial charge in [0.1, 0.15) is 0 Å². The SMILES string of the molecule is Cc1cccc2cc(CN(CCN(C)C)C(=O)NCc3ccccc3)c(=O)[nH]c12. The Kier molecular flexibility index (Phi) is 6.67. The summed E-state index contributed by atoms with van der Waals surface area (Å²) in [6.07, 6.45) is 0. The molecule has 0 aliphatic heterocycles. The van der Waals surface area contributed by atoms with Gasteiger partial charge in [-0.25, -0.2) is 4.79 Å². The van der Waals surface area contributed by atoms with Crippen LogP contribution in [0.25, 0.3) is 10.9 Å². The van der Waals surface area contributed by atoms with Gasteiger partial charge in [-0.1, -0.05) is 48.5 Å². The van der Waals surface area contributed by atoms with Crippen molar-refractivity contribution in [1.29, 1.82) is 0 Å². The van der Waals surface area contributed by atoms with Gasteiger partial charge in [0, 0.05) is 25.2 Å². The van der Waals surface area contributed by atoms with E-state index >= 15 is 0 Å². The predicted octanol–water partition coefficient (Wildman–Crippen LogP) is 3.11. The average Bonchev–Trinajstić information content (AvgIpc) is 2.71. The lowest BCUT2D eigenvalue weighted by Crippen LogP contribution is -2.43. The van der Waals surface area contributed by atoms with Crippen molar-refractivity contribution in [3.63, 3.8) is 0 Å². The molecule has 0 aliphatic carbocycles. The summed E-state index contributed by atoms with van der Waals surface area (Å²) in [6.45, 7) is 3.92. The first-order valence-electron chi connectivity index (χ1n) is 9.77. The Balaban J connectivity index is 1.79. The van der Waals surface area contributed by atoms with Gasteiger partial charge in [0.25, 0.3) is 5.56 Å². The number of aryl methyl sites for hydroxylation is 1. The van der Waals surface area contributed by atoms with Gasteiger partial charge >= 0.3 is 6.03 Å². The molecule has 29 heavy (non-hydrogen) atoms. The number of hydrogen-bond donors (Lipinski definition) is 2. The van der Waals surface area contributed by atoms with Crippen LogP contribution in [0.3, 0.4) is 0 Å². The van der Waals surface area contributed by atoms with E-state index in [0.29, 0.717) is 25.2 Å². The highest BCUT2D eigenvalue weighted by molar-refractivity contribution is 5.82. The minimum atomic E-state index is -0.181. The molecule has 0 saturated carbocycles. The van der Waals surface area contributed by atoms with Crippen LogP contribution in [0.4, 0.5) is 4.79 Å². The molecule has 2 N–H and O–H groups in total. The maximum absolute atomic E-state index is 12.8. The van der Waals surface area contributed by atoms with Gasteiger partial charge in [0.15, 0.2) is 0 Å². The molecule has 0 atom stereocenters. The van der Waals surface area contributed by atoms with Gasteiger partial charge in [0.2, 0.25) is 0 Å². The number of hydrogen-bond acceptors (Lipinski definition) is 3. The van der Waals surface area contributed by atoms with E-state index in [4.69, 9.17) is 0 Å². The average molecular weight is 393 g/mol. The first-order valence-corrected chi connectivity index (χ1v) is 9.77. The fraction of sp³-hybridized carbons (Fsp3) is 0.304. The molecule has 0 aliphatic rings. The minimum Gasteiger partial charge on any atom is -0.334 e. The van der Waals surface area contributed by atoms with Crippen LogP contribution in [0.5, 0.6) is 0 Å². The normalized spacial score (nSPS) is 11.0. The number of pyridine rings is 1. The molecule has 152 valence electrons. The van der Waals surface area contributed by atoms with Crippen molar-refractivity contribution in [2.75, 3.05) is 27.2 Å². The second-order valence-electron chi connectivity index (χ2n) is 7.53. The van der Waals surface area contributed by atoms with Crippen LogP contribution < -0.4 is 10.9 Å². The third-order valence-electron chi connectivity index (χ3n) is 4.92. The van der Waals surface area contributed by atoms with Crippen LogP contribution in [-0.4, -0.2) is 48.0 Å². The number of nitrogens with one attached hydrogen (secondary N) is 2. The predicted molar refractivity (Wildman–Crippen MR) is 117 cm³/mol.